The van der Waals surface area contributed by atoms with Gasteiger partial charge in [-0.3, -0.25) is 4.79 Å². The van der Waals surface area contributed by atoms with E-state index in [0.717, 1.165) is 39.1 Å². The second-order valence-corrected chi connectivity index (χ2v) is 12.5. The van der Waals surface area contributed by atoms with Gasteiger partial charge in [0, 0.05) is 24.3 Å². The number of ether oxygens (including phenoxy) is 3. The van der Waals surface area contributed by atoms with E-state index in [1.54, 1.807) is 11.6 Å². The zero-order chi connectivity index (χ0) is 34.7. The van der Waals surface area contributed by atoms with Crippen LogP contribution in [-0.2, 0) is 32.2 Å². The highest BCUT2D eigenvalue weighted by atomic mass is 32.2. The lowest BCUT2D eigenvalue weighted by Gasteiger charge is -2.36. The number of hydrogen-bond acceptors (Lipinski definition) is 10. The fraction of sp³-hybridized carbons (Fsp3) is 0.270. The number of hydrogen-bond donors (Lipinski definition) is 3. The molecule has 50 heavy (non-hydrogen) atoms. The lowest BCUT2D eigenvalue weighted by molar-refractivity contribution is -0.245. The van der Waals surface area contributed by atoms with E-state index in [1.807, 2.05) is 97.1 Å². The van der Waals surface area contributed by atoms with Crippen LogP contribution in [-0.4, -0.2) is 62.3 Å². The van der Waals surface area contributed by atoms with E-state index in [2.05, 4.69) is 32.2 Å². The number of carbonyl (C=O) groups excluding carboxylic acids is 2. The molecule has 0 spiro atoms. The fourth-order valence-corrected chi connectivity index (χ4v) is 6.43. The van der Waals surface area contributed by atoms with Crippen molar-refractivity contribution in [1.82, 2.24) is 30.8 Å². The zero-order valence-corrected chi connectivity index (χ0v) is 28.3. The molecule has 0 radical (unpaired) electrons. The first-order valence-electron chi connectivity index (χ1n) is 16.3. The predicted octanol–water partition coefficient (Wildman–Crippen LogP) is 5.52. The lowest BCUT2D eigenvalue weighted by Crippen LogP contribution is -2.38. The van der Waals surface area contributed by atoms with Gasteiger partial charge >= 0.3 is 12.0 Å². The van der Waals surface area contributed by atoms with Gasteiger partial charge < -0.3 is 30.0 Å². The molecule has 1 fully saturated rings. The number of carbonyl (C=O) groups is 2. The molecule has 0 unspecified atom stereocenters. The smallest absolute Gasteiger partial charge is 0.325 e. The van der Waals surface area contributed by atoms with E-state index >= 15 is 0 Å². The summed E-state index contributed by atoms with van der Waals surface area (Å²) in [5.74, 6) is 0.108. The van der Waals surface area contributed by atoms with E-state index in [0.29, 0.717) is 17.3 Å². The van der Waals surface area contributed by atoms with Crippen molar-refractivity contribution >= 4 is 23.8 Å². The van der Waals surface area contributed by atoms with Gasteiger partial charge in [0.1, 0.15) is 6.54 Å². The van der Waals surface area contributed by atoms with Crippen molar-refractivity contribution in [3.05, 3.63) is 125 Å². The Morgan fingerprint density at radius 1 is 0.900 bits per heavy atom. The predicted molar refractivity (Wildman–Crippen MR) is 187 cm³/mol. The Labute approximate surface area is 294 Å². The molecule has 6 rings (SSSR count). The Kier molecular flexibility index (Phi) is 11.8. The average Bonchev–Trinajstić information content (AvgIpc) is 3.65. The van der Waals surface area contributed by atoms with Crippen molar-refractivity contribution in [2.75, 3.05) is 18.9 Å². The summed E-state index contributed by atoms with van der Waals surface area (Å²) < 4.78 is 19.8. The molecule has 5 aromatic rings. The minimum Gasteiger partial charge on any atom is -0.465 e. The summed E-state index contributed by atoms with van der Waals surface area (Å²) in [4.78, 5) is 23.7. The van der Waals surface area contributed by atoms with E-state index in [9.17, 15) is 14.7 Å². The number of aliphatic hydroxyl groups excluding tert-OH is 1. The van der Waals surface area contributed by atoms with Crippen molar-refractivity contribution in [3.63, 3.8) is 0 Å². The number of thioether (sulfide) groups is 1. The van der Waals surface area contributed by atoms with Gasteiger partial charge in [-0.25, -0.2) is 4.79 Å². The molecule has 1 aliphatic heterocycles. The topological polar surface area (TPSA) is 150 Å². The van der Waals surface area contributed by atoms with E-state index in [1.165, 1.54) is 11.8 Å². The molecule has 0 saturated carbocycles. The molecule has 0 aliphatic carbocycles. The molecule has 2 amide bonds. The molecule has 2 heterocycles. The van der Waals surface area contributed by atoms with Crippen LogP contribution in [0.4, 0.5) is 4.79 Å². The Bertz CT molecular complexity index is 1870. The van der Waals surface area contributed by atoms with Crippen molar-refractivity contribution in [3.8, 4) is 16.8 Å². The summed E-state index contributed by atoms with van der Waals surface area (Å²) in [5.41, 5.74) is 6.40. The van der Waals surface area contributed by atoms with Gasteiger partial charge in [-0.1, -0.05) is 90.6 Å². The van der Waals surface area contributed by atoms with E-state index in [4.69, 9.17) is 14.2 Å². The molecule has 3 N–H and O–H groups in total. The number of aromatic nitrogens is 4. The molecule has 1 aliphatic rings. The summed E-state index contributed by atoms with van der Waals surface area (Å²) in [6.45, 7) is 2.02. The van der Waals surface area contributed by atoms with Crippen molar-refractivity contribution in [1.29, 1.82) is 0 Å². The third-order valence-electron chi connectivity index (χ3n) is 8.03. The largest absolute Gasteiger partial charge is 0.465 e. The number of nitrogens with one attached hydrogen (secondary N) is 2. The van der Waals surface area contributed by atoms with Crippen molar-refractivity contribution < 1.29 is 28.9 Å². The lowest BCUT2D eigenvalue weighted by atomic mass is 9.99. The summed E-state index contributed by atoms with van der Waals surface area (Å²) in [6.07, 6.45) is -0.452. The summed E-state index contributed by atoms with van der Waals surface area (Å²) in [7, 11) is 0. The van der Waals surface area contributed by atoms with Crippen LogP contribution in [0, 0.1) is 0 Å². The maximum atomic E-state index is 12.2. The standard InChI is InChI=1S/C37H38N6O6S/c1-2-47-34(45)22-39-36(46)38-21-26-8-6-9-28(18-26)29-10-7-11-30(19-29)35-48-32(20-33(49-35)27-16-14-25(23-44)15-17-27)24-50-37-40-41-42-43(37)31-12-4-3-5-13-31/h3-19,32-33,35,44H,2,20-24H2,1H3,(H2,38,39,46)/t32-,33+,35+/m1/s1. The number of nitrogens with zero attached hydrogens (tertiary/aromatic N) is 4. The maximum absolute atomic E-state index is 12.2. The van der Waals surface area contributed by atoms with Gasteiger partial charge in [0.2, 0.25) is 5.16 Å². The Hall–Kier alpha value is -5.08. The van der Waals surface area contributed by atoms with E-state index < -0.39 is 18.3 Å². The quantitative estimate of drug-likeness (QED) is 0.106. The molecule has 3 atom stereocenters. The monoisotopic (exact) mass is 694 g/mol. The van der Waals surface area contributed by atoms with Crippen LogP contribution in [0.25, 0.3) is 16.8 Å². The Balaban J connectivity index is 1.17. The van der Waals surface area contributed by atoms with Crippen LogP contribution < -0.4 is 10.6 Å². The Morgan fingerprint density at radius 2 is 1.68 bits per heavy atom. The summed E-state index contributed by atoms with van der Waals surface area (Å²) in [5, 5.41) is 27.9. The number of rotatable bonds is 13. The van der Waals surface area contributed by atoms with Crippen LogP contribution in [0.1, 0.15) is 48.0 Å². The average molecular weight is 695 g/mol. The molecule has 4 aromatic carbocycles. The van der Waals surface area contributed by atoms with Crippen LogP contribution >= 0.6 is 11.8 Å². The summed E-state index contributed by atoms with van der Waals surface area (Å²) in [6, 6.07) is 33.0. The number of amides is 2. The first-order valence-corrected chi connectivity index (χ1v) is 17.3. The van der Waals surface area contributed by atoms with Gasteiger partial charge in [-0.05, 0) is 69.4 Å². The number of benzene rings is 4. The zero-order valence-electron chi connectivity index (χ0n) is 27.5. The molecule has 13 heteroatoms. The van der Waals surface area contributed by atoms with Gasteiger partial charge in [0.25, 0.3) is 0 Å². The second-order valence-electron chi connectivity index (χ2n) is 11.5. The molecular formula is C37H38N6O6S. The maximum Gasteiger partial charge on any atom is 0.325 e. The number of aliphatic hydroxyl groups is 1. The number of para-hydroxylation sites is 1. The van der Waals surface area contributed by atoms with E-state index in [-0.39, 0.29) is 38.5 Å². The minimum absolute atomic E-state index is 0.0281. The minimum atomic E-state index is -0.644. The van der Waals surface area contributed by atoms with Crippen molar-refractivity contribution in [2.24, 2.45) is 0 Å². The third kappa shape index (κ3) is 9.12. The van der Waals surface area contributed by atoms with Crippen LogP contribution in [0.3, 0.4) is 0 Å². The highest BCUT2D eigenvalue weighted by molar-refractivity contribution is 7.99. The molecule has 12 nitrogen and oxygen atoms in total. The second kappa shape index (κ2) is 17.0. The van der Waals surface area contributed by atoms with Gasteiger partial charge in [0.05, 0.1) is 31.1 Å². The summed E-state index contributed by atoms with van der Waals surface area (Å²) >= 11 is 1.53. The molecular weight excluding hydrogens is 657 g/mol. The van der Waals surface area contributed by atoms with Crippen LogP contribution in [0.2, 0.25) is 0 Å². The SMILES string of the molecule is CCOC(=O)CNC(=O)NCc1cccc(-c2cccc([C@H]3O[C@@H](CSc4nnnn4-c4ccccc4)C[C@@H](c4ccc(CO)cc4)O3)c2)c1. The first kappa shape index (κ1) is 34.8. The Morgan fingerprint density at radius 3 is 2.46 bits per heavy atom. The third-order valence-corrected chi connectivity index (χ3v) is 9.08. The normalized spacial score (nSPS) is 17.2. The number of tetrazole rings is 1. The van der Waals surface area contributed by atoms with Gasteiger partial charge in [0.15, 0.2) is 6.29 Å². The number of urea groups is 1. The van der Waals surface area contributed by atoms with Crippen LogP contribution in [0.15, 0.2) is 108 Å². The highest BCUT2D eigenvalue weighted by Crippen LogP contribution is 2.40. The highest BCUT2D eigenvalue weighted by Gasteiger charge is 2.33. The first-order chi connectivity index (χ1) is 24.5. The molecule has 1 aromatic heterocycles. The number of esters is 1. The van der Waals surface area contributed by atoms with Gasteiger partial charge in [-0.2, -0.15) is 4.68 Å². The molecule has 1 saturated heterocycles. The fourth-order valence-electron chi connectivity index (χ4n) is 5.53. The van der Waals surface area contributed by atoms with Gasteiger partial charge in [-0.15, -0.1) is 5.10 Å². The molecule has 258 valence electrons. The van der Waals surface area contributed by atoms with Crippen molar-refractivity contribution in [2.45, 2.75) is 50.2 Å². The molecule has 0 bridgehead atoms. The van der Waals surface area contributed by atoms with Crippen LogP contribution in [0.5, 0.6) is 0 Å².